The summed E-state index contributed by atoms with van der Waals surface area (Å²) in [4.78, 5) is 0. The third-order valence-electron chi connectivity index (χ3n) is 4.40. The van der Waals surface area contributed by atoms with Gasteiger partial charge in [0.2, 0.25) is 0 Å². The van der Waals surface area contributed by atoms with E-state index in [0.717, 1.165) is 33.8 Å². The van der Waals surface area contributed by atoms with Crippen LogP contribution in [-0.2, 0) is 0 Å². The molecule has 0 atom stereocenters. The van der Waals surface area contributed by atoms with E-state index in [1.165, 1.54) is 12.1 Å². The average Bonchev–Trinajstić information content (AvgIpc) is 2.79. The normalized spacial score (nSPS) is 10.8. The molecule has 1 heterocycles. The molecule has 0 saturated carbocycles. The van der Waals surface area contributed by atoms with Gasteiger partial charge in [-0.05, 0) is 54.1 Å². The molecule has 0 radical (unpaired) electrons. The van der Waals surface area contributed by atoms with Gasteiger partial charge in [-0.1, -0.05) is 30.3 Å². The van der Waals surface area contributed by atoms with E-state index < -0.39 is 10.2 Å². The number of ether oxygens (including phenoxy) is 1. The minimum atomic E-state index is -4.94. The average molecular weight is 457 g/mol. The topological polar surface area (TPSA) is 113 Å². The molecule has 0 N–H and O–H groups in total. The smallest absolute Gasteiger partial charge is 0.361 e. The van der Waals surface area contributed by atoms with Gasteiger partial charge < -0.3 is 4.74 Å². The molecule has 4 rings (SSSR count). The van der Waals surface area contributed by atoms with Gasteiger partial charge in [0.1, 0.15) is 11.6 Å². The van der Waals surface area contributed by atoms with Gasteiger partial charge in [-0.2, -0.15) is 0 Å². The summed E-state index contributed by atoms with van der Waals surface area (Å²) in [6.07, 6.45) is 0. The maximum Gasteiger partial charge on any atom is 0.361 e. The Hall–Kier alpha value is -3.33. The molecule has 6 nitrogen and oxygen atoms in total. The minimum Gasteiger partial charge on any atom is -0.497 e. The van der Waals surface area contributed by atoms with Crippen LogP contribution in [0.5, 0.6) is 5.75 Å². The summed E-state index contributed by atoms with van der Waals surface area (Å²) >= 11 is 0. The molecule has 0 aliphatic rings. The predicted molar refractivity (Wildman–Crippen MR) is 106 cm³/mol. The third kappa shape index (κ3) is 6.84. The first-order valence-electron chi connectivity index (χ1n) is 9.28. The molecule has 0 aliphatic carbocycles. The van der Waals surface area contributed by atoms with Crippen LogP contribution in [0.1, 0.15) is 0 Å². The monoisotopic (exact) mass is 456 g/mol. The van der Waals surface area contributed by atoms with Crippen molar-refractivity contribution >= 4 is 0 Å². The Bertz CT molecular complexity index is 1140. The second-order valence-corrected chi connectivity index (χ2v) is 7.31. The highest BCUT2D eigenvalue weighted by molar-refractivity contribution is 5.74. The second kappa shape index (κ2) is 10.3. The van der Waals surface area contributed by atoms with E-state index in [-0.39, 0.29) is 5.82 Å². The van der Waals surface area contributed by atoms with Crippen LogP contribution in [0.15, 0.2) is 95.4 Å². The molecule has 0 saturated heterocycles. The standard InChI is InChI=1S/C24H18FO2.ClHO4/c1-26-22-13-9-19(10-14-22)24-16-20(17-5-3-2-4-6-17)15-23(27-24)18-7-11-21(25)12-8-18;2-1(3,4)5/h2-16H,1H3;(H,2,3,4,5)/q+1;/p-1. The summed E-state index contributed by atoms with van der Waals surface area (Å²) in [5.74, 6) is 1.94. The maximum absolute atomic E-state index is 13.3. The summed E-state index contributed by atoms with van der Waals surface area (Å²) in [5.41, 5.74) is 3.89. The summed E-state index contributed by atoms with van der Waals surface area (Å²) in [6.45, 7) is 0. The molecule has 32 heavy (non-hydrogen) atoms. The first kappa shape index (κ1) is 23.3. The summed E-state index contributed by atoms with van der Waals surface area (Å²) < 4.78 is 58.7. The van der Waals surface area contributed by atoms with Crippen molar-refractivity contribution in [2.45, 2.75) is 0 Å². The Labute approximate surface area is 186 Å². The minimum absolute atomic E-state index is 0.270. The summed E-state index contributed by atoms with van der Waals surface area (Å²) in [7, 11) is -3.30. The van der Waals surface area contributed by atoms with Gasteiger partial charge in [0, 0.05) is 5.56 Å². The summed E-state index contributed by atoms with van der Waals surface area (Å²) in [6, 6.07) is 28.2. The Morgan fingerprint density at radius 2 is 1.12 bits per heavy atom. The lowest BCUT2D eigenvalue weighted by atomic mass is 10.0. The van der Waals surface area contributed by atoms with Crippen LogP contribution in [0, 0.1) is 16.1 Å². The van der Waals surface area contributed by atoms with E-state index in [2.05, 4.69) is 12.1 Å². The summed E-state index contributed by atoms with van der Waals surface area (Å²) in [5, 5.41) is 0. The molecule has 0 bridgehead atoms. The third-order valence-corrected chi connectivity index (χ3v) is 4.40. The quantitative estimate of drug-likeness (QED) is 0.434. The Morgan fingerprint density at radius 1 is 0.656 bits per heavy atom. The van der Waals surface area contributed by atoms with Gasteiger partial charge in [0.15, 0.2) is 0 Å². The van der Waals surface area contributed by atoms with E-state index in [4.69, 9.17) is 27.8 Å². The maximum atomic E-state index is 13.3. The molecule has 0 fully saturated rings. The highest BCUT2D eigenvalue weighted by Gasteiger charge is 2.20. The largest absolute Gasteiger partial charge is 0.497 e. The van der Waals surface area contributed by atoms with Crippen LogP contribution in [0.3, 0.4) is 0 Å². The number of rotatable bonds is 4. The molecule has 1 aromatic heterocycles. The van der Waals surface area contributed by atoms with Crippen LogP contribution in [0.25, 0.3) is 33.8 Å². The lowest BCUT2D eigenvalue weighted by molar-refractivity contribution is -2.00. The Balaban J connectivity index is 0.000000523. The van der Waals surface area contributed by atoms with Crippen molar-refractivity contribution in [2.75, 3.05) is 7.11 Å². The lowest BCUT2D eigenvalue weighted by Crippen LogP contribution is -2.68. The molecule has 164 valence electrons. The lowest BCUT2D eigenvalue weighted by Gasteiger charge is -2.17. The van der Waals surface area contributed by atoms with Crippen molar-refractivity contribution in [3.63, 3.8) is 0 Å². The van der Waals surface area contributed by atoms with Crippen LogP contribution >= 0.6 is 0 Å². The Morgan fingerprint density at radius 3 is 1.59 bits per heavy atom. The van der Waals surface area contributed by atoms with Gasteiger partial charge in [-0.3, -0.25) is 0 Å². The molecule has 3 aromatic carbocycles. The van der Waals surface area contributed by atoms with Crippen molar-refractivity contribution in [1.82, 2.24) is 0 Å². The van der Waals surface area contributed by atoms with E-state index in [1.807, 2.05) is 54.6 Å². The predicted octanol–water partition coefficient (Wildman–Crippen LogP) is 1.95. The molecule has 8 heteroatoms. The van der Waals surface area contributed by atoms with Gasteiger partial charge in [0.05, 0.1) is 30.4 Å². The van der Waals surface area contributed by atoms with E-state index in [9.17, 15) is 4.39 Å². The number of methoxy groups -OCH3 is 1. The number of hydrogen-bond acceptors (Lipinski definition) is 5. The fraction of sp³-hybridized carbons (Fsp3) is 0.0417. The van der Waals surface area contributed by atoms with Crippen molar-refractivity contribution < 1.29 is 42.4 Å². The molecule has 0 spiro atoms. The highest BCUT2D eigenvalue weighted by atomic mass is 35.7. The number of halogens is 2. The van der Waals surface area contributed by atoms with Crippen molar-refractivity contribution in [3.8, 4) is 39.5 Å². The van der Waals surface area contributed by atoms with Crippen LogP contribution in [-0.4, -0.2) is 7.11 Å². The Kier molecular flexibility index (Phi) is 7.53. The molecule has 4 aromatic rings. The van der Waals surface area contributed by atoms with Gasteiger partial charge in [-0.25, -0.2) is 27.4 Å². The van der Waals surface area contributed by atoms with Crippen molar-refractivity contribution in [2.24, 2.45) is 0 Å². The van der Waals surface area contributed by atoms with Gasteiger partial charge >= 0.3 is 11.5 Å². The van der Waals surface area contributed by atoms with Gasteiger partial charge in [0.25, 0.3) is 0 Å². The molecule has 0 aliphatic heterocycles. The molecular weight excluding hydrogens is 439 g/mol. The van der Waals surface area contributed by atoms with Crippen LogP contribution in [0.4, 0.5) is 4.39 Å². The van der Waals surface area contributed by atoms with Gasteiger partial charge in [-0.15, -0.1) is 10.2 Å². The highest BCUT2D eigenvalue weighted by Crippen LogP contribution is 2.33. The fourth-order valence-electron chi connectivity index (χ4n) is 2.95. The SMILES string of the molecule is COc1ccc(-c2cc(-c3ccccc3)cc(-c3ccc(F)cc3)[o+]2)cc1.[O-][Cl+3]([O-])([O-])[O-]. The van der Waals surface area contributed by atoms with E-state index in [1.54, 1.807) is 19.2 Å². The number of benzene rings is 3. The second-order valence-electron chi connectivity index (χ2n) is 6.55. The molecular formula is C24H18ClFO6. The first-order valence-corrected chi connectivity index (χ1v) is 10.5. The molecule has 0 amide bonds. The molecule has 0 unspecified atom stereocenters. The fourth-order valence-corrected chi connectivity index (χ4v) is 2.95. The van der Waals surface area contributed by atoms with E-state index in [0.29, 0.717) is 5.76 Å². The van der Waals surface area contributed by atoms with Crippen molar-refractivity contribution in [1.29, 1.82) is 0 Å². The zero-order valence-corrected chi connectivity index (χ0v) is 17.6. The van der Waals surface area contributed by atoms with E-state index >= 15 is 0 Å². The first-order chi connectivity index (χ1) is 15.2. The van der Waals surface area contributed by atoms with Crippen LogP contribution in [0.2, 0.25) is 0 Å². The number of hydrogen-bond donors (Lipinski definition) is 0. The van der Waals surface area contributed by atoms with Crippen molar-refractivity contribution in [3.05, 3.63) is 96.8 Å². The zero-order valence-electron chi connectivity index (χ0n) is 16.9. The van der Waals surface area contributed by atoms with Crippen LogP contribution < -0.4 is 23.4 Å². The zero-order chi connectivity index (χ0) is 23.1.